The van der Waals surface area contributed by atoms with Gasteiger partial charge >= 0.3 is 0 Å². The lowest BCUT2D eigenvalue weighted by Crippen LogP contribution is -2.37. The van der Waals surface area contributed by atoms with Crippen LogP contribution in [0.2, 0.25) is 0 Å². The van der Waals surface area contributed by atoms with Gasteiger partial charge in [-0.05, 0) is 19.3 Å². The van der Waals surface area contributed by atoms with Gasteiger partial charge in [0.05, 0.1) is 6.61 Å². The van der Waals surface area contributed by atoms with E-state index in [-0.39, 0.29) is 24.5 Å². The second-order valence-electron chi connectivity index (χ2n) is 4.07. The molecule has 3 N–H and O–H groups in total. The Bertz CT molecular complexity index is 231. The molecular formula is C11H20N2O2. The number of nitrogens with zero attached hydrogens (tertiary/aromatic N) is 1. The Morgan fingerprint density at radius 3 is 2.80 bits per heavy atom. The minimum absolute atomic E-state index is 0.00163. The zero-order valence-electron chi connectivity index (χ0n) is 9.06. The standard InChI is InChI=1S/C11H20N2O2/c1-2-5-13(6-7-14)11(15)9-3-4-10(12)8-9/h2,9-10,14H,1,3-8,12H2. The molecule has 0 aromatic heterocycles. The van der Waals surface area contributed by atoms with Crippen molar-refractivity contribution in [1.29, 1.82) is 0 Å². The monoisotopic (exact) mass is 212 g/mol. The van der Waals surface area contributed by atoms with E-state index in [9.17, 15) is 4.79 Å². The third-order valence-corrected chi connectivity index (χ3v) is 2.85. The van der Waals surface area contributed by atoms with Gasteiger partial charge in [-0.15, -0.1) is 6.58 Å². The van der Waals surface area contributed by atoms with Crippen molar-refractivity contribution in [3.8, 4) is 0 Å². The zero-order valence-corrected chi connectivity index (χ0v) is 9.06. The maximum Gasteiger partial charge on any atom is 0.226 e. The van der Waals surface area contributed by atoms with Crippen LogP contribution in [0.4, 0.5) is 0 Å². The number of carbonyl (C=O) groups excluding carboxylic acids is 1. The van der Waals surface area contributed by atoms with Gasteiger partial charge in [-0.1, -0.05) is 6.08 Å². The predicted octanol–water partition coefficient (Wildman–Crippen LogP) is 0.121. The number of hydrogen-bond acceptors (Lipinski definition) is 3. The minimum Gasteiger partial charge on any atom is -0.395 e. The molecule has 2 unspecified atom stereocenters. The van der Waals surface area contributed by atoms with Gasteiger partial charge in [0.2, 0.25) is 5.91 Å². The lowest BCUT2D eigenvalue weighted by Gasteiger charge is -2.23. The molecule has 0 radical (unpaired) electrons. The Hall–Kier alpha value is -0.870. The molecule has 1 amide bonds. The average molecular weight is 212 g/mol. The number of carbonyl (C=O) groups is 1. The molecule has 4 nitrogen and oxygen atoms in total. The first-order valence-corrected chi connectivity index (χ1v) is 5.45. The molecule has 1 aliphatic carbocycles. The molecule has 2 atom stereocenters. The van der Waals surface area contributed by atoms with E-state index in [1.54, 1.807) is 11.0 Å². The van der Waals surface area contributed by atoms with Gasteiger partial charge in [0.1, 0.15) is 0 Å². The highest BCUT2D eigenvalue weighted by atomic mass is 16.3. The Morgan fingerprint density at radius 1 is 1.60 bits per heavy atom. The van der Waals surface area contributed by atoms with E-state index >= 15 is 0 Å². The molecule has 86 valence electrons. The van der Waals surface area contributed by atoms with Crippen LogP contribution in [-0.2, 0) is 4.79 Å². The van der Waals surface area contributed by atoms with Crippen LogP contribution in [0.3, 0.4) is 0 Å². The molecule has 4 heteroatoms. The Labute approximate surface area is 90.7 Å². The highest BCUT2D eigenvalue weighted by molar-refractivity contribution is 5.79. The summed E-state index contributed by atoms with van der Waals surface area (Å²) < 4.78 is 0. The number of hydrogen-bond donors (Lipinski definition) is 2. The van der Waals surface area contributed by atoms with Gasteiger partial charge in [-0.3, -0.25) is 4.79 Å². The van der Waals surface area contributed by atoms with E-state index in [2.05, 4.69) is 6.58 Å². The van der Waals surface area contributed by atoms with E-state index in [1.165, 1.54) is 0 Å². The predicted molar refractivity (Wildman–Crippen MR) is 59.2 cm³/mol. The van der Waals surface area contributed by atoms with Crippen molar-refractivity contribution in [2.24, 2.45) is 11.7 Å². The van der Waals surface area contributed by atoms with Crippen molar-refractivity contribution < 1.29 is 9.90 Å². The fraction of sp³-hybridized carbons (Fsp3) is 0.727. The van der Waals surface area contributed by atoms with Gasteiger partial charge in [0.15, 0.2) is 0 Å². The molecule has 0 aromatic rings. The number of aliphatic hydroxyl groups excluding tert-OH is 1. The highest BCUT2D eigenvalue weighted by Gasteiger charge is 2.30. The molecule has 1 fully saturated rings. The molecular weight excluding hydrogens is 192 g/mol. The molecule has 0 spiro atoms. The van der Waals surface area contributed by atoms with Crippen molar-refractivity contribution in [1.82, 2.24) is 4.90 Å². The summed E-state index contributed by atoms with van der Waals surface area (Å²) in [4.78, 5) is 13.6. The Balaban J connectivity index is 2.51. The van der Waals surface area contributed by atoms with Crippen LogP contribution in [0.1, 0.15) is 19.3 Å². The SMILES string of the molecule is C=CCN(CCO)C(=O)C1CCC(N)C1. The van der Waals surface area contributed by atoms with Crippen LogP contribution in [0.25, 0.3) is 0 Å². The summed E-state index contributed by atoms with van der Waals surface area (Å²) in [5, 5.41) is 8.85. The first kappa shape index (κ1) is 12.2. The van der Waals surface area contributed by atoms with Gasteiger partial charge in [-0.2, -0.15) is 0 Å². The summed E-state index contributed by atoms with van der Waals surface area (Å²) in [6.45, 7) is 4.50. The van der Waals surface area contributed by atoms with E-state index in [1.807, 2.05) is 0 Å². The molecule has 0 aromatic carbocycles. The van der Waals surface area contributed by atoms with Crippen LogP contribution in [-0.4, -0.2) is 41.7 Å². The van der Waals surface area contributed by atoms with Crippen molar-refractivity contribution in [2.75, 3.05) is 19.7 Å². The second-order valence-corrected chi connectivity index (χ2v) is 4.07. The Kier molecular flexibility index (Phi) is 4.78. The third-order valence-electron chi connectivity index (χ3n) is 2.85. The van der Waals surface area contributed by atoms with Crippen LogP contribution in [0.15, 0.2) is 12.7 Å². The molecule has 0 aliphatic heterocycles. The van der Waals surface area contributed by atoms with E-state index < -0.39 is 0 Å². The maximum absolute atomic E-state index is 12.0. The normalized spacial score (nSPS) is 25.2. The number of aliphatic hydroxyl groups is 1. The maximum atomic E-state index is 12.0. The van der Waals surface area contributed by atoms with Gasteiger partial charge < -0.3 is 15.7 Å². The third kappa shape index (κ3) is 3.32. The van der Waals surface area contributed by atoms with Gasteiger partial charge in [0.25, 0.3) is 0 Å². The topological polar surface area (TPSA) is 66.6 Å². The lowest BCUT2D eigenvalue weighted by atomic mass is 10.1. The molecule has 15 heavy (non-hydrogen) atoms. The summed E-state index contributed by atoms with van der Waals surface area (Å²) in [6.07, 6.45) is 4.26. The van der Waals surface area contributed by atoms with Crippen molar-refractivity contribution in [2.45, 2.75) is 25.3 Å². The fourth-order valence-electron chi connectivity index (χ4n) is 2.07. The minimum atomic E-state index is -0.00163. The summed E-state index contributed by atoms with van der Waals surface area (Å²) in [6, 6.07) is 0.165. The molecule has 1 saturated carbocycles. The summed E-state index contributed by atoms with van der Waals surface area (Å²) in [5.41, 5.74) is 5.77. The van der Waals surface area contributed by atoms with Crippen LogP contribution in [0, 0.1) is 5.92 Å². The molecule has 1 aliphatic rings. The van der Waals surface area contributed by atoms with Crippen LogP contribution >= 0.6 is 0 Å². The van der Waals surface area contributed by atoms with E-state index in [4.69, 9.17) is 10.8 Å². The second kappa shape index (κ2) is 5.88. The average Bonchev–Trinajstić information content (AvgIpc) is 2.63. The largest absolute Gasteiger partial charge is 0.395 e. The van der Waals surface area contributed by atoms with Gasteiger partial charge in [-0.25, -0.2) is 0 Å². The molecule has 0 bridgehead atoms. The number of amides is 1. The summed E-state index contributed by atoms with van der Waals surface area (Å²) in [7, 11) is 0. The van der Waals surface area contributed by atoms with Crippen molar-refractivity contribution >= 4 is 5.91 Å². The molecule has 0 saturated heterocycles. The smallest absolute Gasteiger partial charge is 0.226 e. The summed E-state index contributed by atoms with van der Waals surface area (Å²) >= 11 is 0. The molecule has 1 rings (SSSR count). The fourth-order valence-corrected chi connectivity index (χ4v) is 2.07. The first-order valence-electron chi connectivity index (χ1n) is 5.45. The first-order chi connectivity index (χ1) is 7.19. The van der Waals surface area contributed by atoms with Crippen molar-refractivity contribution in [3.05, 3.63) is 12.7 Å². The molecule has 0 heterocycles. The van der Waals surface area contributed by atoms with Crippen LogP contribution < -0.4 is 5.73 Å². The number of rotatable bonds is 5. The highest BCUT2D eigenvalue weighted by Crippen LogP contribution is 2.25. The van der Waals surface area contributed by atoms with Crippen LogP contribution in [0.5, 0.6) is 0 Å². The Morgan fingerprint density at radius 2 is 2.33 bits per heavy atom. The van der Waals surface area contributed by atoms with Gasteiger partial charge in [0, 0.05) is 25.0 Å². The van der Waals surface area contributed by atoms with E-state index in [0.717, 1.165) is 19.3 Å². The number of nitrogens with two attached hydrogens (primary N) is 1. The lowest BCUT2D eigenvalue weighted by molar-refractivity contribution is -0.135. The van der Waals surface area contributed by atoms with Crippen molar-refractivity contribution in [3.63, 3.8) is 0 Å². The quantitative estimate of drug-likeness (QED) is 0.636. The summed E-state index contributed by atoms with van der Waals surface area (Å²) in [5.74, 6) is 0.156. The zero-order chi connectivity index (χ0) is 11.3. The van der Waals surface area contributed by atoms with E-state index in [0.29, 0.717) is 13.1 Å².